The number of hydrogen-bond donors (Lipinski definition) is 1. The van der Waals surface area contributed by atoms with Crippen LogP contribution in [-0.2, 0) is 4.74 Å². The van der Waals surface area contributed by atoms with Crippen molar-refractivity contribution in [3.05, 3.63) is 11.7 Å². The maximum Gasteiger partial charge on any atom is 0.233 e. The molecule has 1 N–H and O–H groups in total. The highest BCUT2D eigenvalue weighted by molar-refractivity contribution is 5.05. The third kappa shape index (κ3) is 2.74. The topological polar surface area (TPSA) is 60.2 Å². The second kappa shape index (κ2) is 5.45. The molecule has 1 aromatic heterocycles. The number of aromatic nitrogens is 2. The Labute approximate surface area is 120 Å². The van der Waals surface area contributed by atoms with Gasteiger partial charge in [-0.3, -0.25) is 0 Å². The fourth-order valence-electron chi connectivity index (χ4n) is 3.30. The van der Waals surface area contributed by atoms with Crippen molar-refractivity contribution >= 4 is 0 Å². The standard InChI is InChI=1S/C15H25N3O2/c1-15(2)6-4-10(5-7-15)13-17-14(20-18-13)11-8-19-9-12(11)16-3/h10-12,16H,4-9H2,1-3H3. The van der Waals surface area contributed by atoms with Gasteiger partial charge in [0.05, 0.1) is 19.1 Å². The fourth-order valence-corrected chi connectivity index (χ4v) is 3.30. The van der Waals surface area contributed by atoms with E-state index in [9.17, 15) is 0 Å². The van der Waals surface area contributed by atoms with Gasteiger partial charge in [-0.25, -0.2) is 0 Å². The van der Waals surface area contributed by atoms with E-state index in [0.717, 1.165) is 18.3 Å². The molecule has 2 aliphatic rings. The number of ether oxygens (including phenoxy) is 1. The van der Waals surface area contributed by atoms with Crippen molar-refractivity contribution < 1.29 is 9.26 Å². The molecular formula is C15H25N3O2. The molecule has 0 radical (unpaired) electrons. The van der Waals surface area contributed by atoms with E-state index in [-0.39, 0.29) is 12.0 Å². The summed E-state index contributed by atoms with van der Waals surface area (Å²) in [5.41, 5.74) is 0.472. The van der Waals surface area contributed by atoms with Crippen LogP contribution in [0.3, 0.4) is 0 Å². The van der Waals surface area contributed by atoms with Crippen molar-refractivity contribution in [3.8, 4) is 0 Å². The largest absolute Gasteiger partial charge is 0.379 e. The Morgan fingerprint density at radius 2 is 1.95 bits per heavy atom. The van der Waals surface area contributed by atoms with Crippen LogP contribution in [0, 0.1) is 5.41 Å². The molecule has 5 nitrogen and oxygen atoms in total. The molecule has 0 amide bonds. The summed E-state index contributed by atoms with van der Waals surface area (Å²) in [4.78, 5) is 4.66. The maximum absolute atomic E-state index is 5.51. The minimum Gasteiger partial charge on any atom is -0.379 e. The summed E-state index contributed by atoms with van der Waals surface area (Å²) in [6.45, 7) is 6.08. The highest BCUT2D eigenvalue weighted by Crippen LogP contribution is 2.41. The molecule has 3 rings (SSSR count). The van der Waals surface area contributed by atoms with Crippen LogP contribution < -0.4 is 5.32 Å². The second-order valence-electron chi connectivity index (χ2n) is 6.97. The van der Waals surface area contributed by atoms with Crippen molar-refractivity contribution in [3.63, 3.8) is 0 Å². The number of nitrogens with zero attached hydrogens (tertiary/aromatic N) is 2. The molecule has 5 heteroatoms. The zero-order chi connectivity index (χ0) is 14.2. The summed E-state index contributed by atoms with van der Waals surface area (Å²) >= 11 is 0. The van der Waals surface area contributed by atoms with Crippen LogP contribution in [0.5, 0.6) is 0 Å². The van der Waals surface area contributed by atoms with Crippen molar-refractivity contribution in [1.29, 1.82) is 0 Å². The Kier molecular flexibility index (Phi) is 3.82. The van der Waals surface area contributed by atoms with Gasteiger partial charge in [-0.2, -0.15) is 4.98 Å². The molecule has 1 saturated heterocycles. The Bertz CT molecular complexity index is 448. The fraction of sp³-hybridized carbons (Fsp3) is 0.867. The molecule has 112 valence electrons. The number of hydrogen-bond acceptors (Lipinski definition) is 5. The van der Waals surface area contributed by atoms with Gasteiger partial charge in [0.25, 0.3) is 0 Å². The highest BCUT2D eigenvalue weighted by atomic mass is 16.5. The van der Waals surface area contributed by atoms with Gasteiger partial charge in [-0.1, -0.05) is 19.0 Å². The van der Waals surface area contributed by atoms with E-state index in [0.29, 0.717) is 17.9 Å². The van der Waals surface area contributed by atoms with Crippen LogP contribution >= 0.6 is 0 Å². The Morgan fingerprint density at radius 1 is 1.20 bits per heavy atom. The average molecular weight is 279 g/mol. The zero-order valence-electron chi connectivity index (χ0n) is 12.7. The van der Waals surface area contributed by atoms with Crippen molar-refractivity contribution in [2.24, 2.45) is 5.41 Å². The lowest BCUT2D eigenvalue weighted by molar-refractivity contribution is 0.185. The Hall–Kier alpha value is -0.940. The molecule has 0 spiro atoms. The zero-order valence-corrected chi connectivity index (χ0v) is 12.7. The minimum atomic E-state index is 0.196. The smallest absolute Gasteiger partial charge is 0.233 e. The van der Waals surface area contributed by atoms with Crippen molar-refractivity contribution in [1.82, 2.24) is 15.5 Å². The molecule has 1 aromatic rings. The molecule has 2 fully saturated rings. The van der Waals surface area contributed by atoms with Gasteiger partial charge in [0.2, 0.25) is 5.89 Å². The van der Waals surface area contributed by atoms with Gasteiger partial charge in [0.15, 0.2) is 5.82 Å². The summed E-state index contributed by atoms with van der Waals surface area (Å²) in [7, 11) is 1.95. The average Bonchev–Trinajstić information content (AvgIpc) is 3.06. The molecule has 2 unspecified atom stereocenters. The predicted molar refractivity (Wildman–Crippen MR) is 75.7 cm³/mol. The summed E-state index contributed by atoms with van der Waals surface area (Å²) in [6, 6.07) is 0.286. The first-order valence-corrected chi connectivity index (χ1v) is 7.67. The number of likely N-dealkylation sites (N-methyl/N-ethyl adjacent to an activating group) is 1. The van der Waals surface area contributed by atoms with Crippen molar-refractivity contribution in [2.45, 2.75) is 57.4 Å². The third-order valence-corrected chi connectivity index (χ3v) is 4.93. The second-order valence-corrected chi connectivity index (χ2v) is 6.97. The van der Waals surface area contributed by atoms with Crippen LogP contribution in [-0.4, -0.2) is 36.4 Å². The first-order valence-electron chi connectivity index (χ1n) is 7.67. The van der Waals surface area contributed by atoms with Crippen LogP contribution in [0.25, 0.3) is 0 Å². The lowest BCUT2D eigenvalue weighted by Crippen LogP contribution is -2.31. The van der Waals surface area contributed by atoms with Crippen LogP contribution in [0.15, 0.2) is 4.52 Å². The number of nitrogens with one attached hydrogen (secondary N) is 1. The molecule has 1 aliphatic heterocycles. The molecule has 0 bridgehead atoms. The van der Waals surface area contributed by atoms with Crippen LogP contribution in [0.1, 0.15) is 63.1 Å². The van der Waals surface area contributed by atoms with Gasteiger partial charge in [0.1, 0.15) is 0 Å². The molecule has 1 aliphatic carbocycles. The van der Waals surface area contributed by atoms with E-state index < -0.39 is 0 Å². The summed E-state index contributed by atoms with van der Waals surface area (Å²) in [5.74, 6) is 2.30. The molecule has 2 heterocycles. The maximum atomic E-state index is 5.51. The third-order valence-electron chi connectivity index (χ3n) is 4.93. The van der Waals surface area contributed by atoms with E-state index in [2.05, 4.69) is 29.3 Å². The van der Waals surface area contributed by atoms with E-state index in [1.54, 1.807) is 0 Å². The summed E-state index contributed by atoms with van der Waals surface area (Å²) < 4.78 is 11.0. The van der Waals surface area contributed by atoms with Crippen molar-refractivity contribution in [2.75, 3.05) is 20.3 Å². The van der Waals surface area contributed by atoms with Gasteiger partial charge in [-0.05, 0) is 38.1 Å². The number of rotatable bonds is 3. The molecule has 2 atom stereocenters. The van der Waals surface area contributed by atoms with Gasteiger partial charge < -0.3 is 14.6 Å². The van der Waals surface area contributed by atoms with E-state index in [4.69, 9.17) is 9.26 Å². The van der Waals surface area contributed by atoms with E-state index in [1.807, 2.05) is 7.05 Å². The predicted octanol–water partition coefficient (Wildman–Crippen LogP) is 2.46. The molecule has 1 saturated carbocycles. The highest BCUT2D eigenvalue weighted by Gasteiger charge is 2.35. The lowest BCUT2D eigenvalue weighted by Gasteiger charge is -2.32. The van der Waals surface area contributed by atoms with Gasteiger partial charge in [0, 0.05) is 12.0 Å². The summed E-state index contributed by atoms with van der Waals surface area (Å²) in [6.07, 6.45) is 4.83. The first-order chi connectivity index (χ1) is 9.59. The Morgan fingerprint density at radius 3 is 2.65 bits per heavy atom. The molecule has 20 heavy (non-hydrogen) atoms. The quantitative estimate of drug-likeness (QED) is 0.921. The van der Waals surface area contributed by atoms with E-state index in [1.165, 1.54) is 25.7 Å². The summed E-state index contributed by atoms with van der Waals surface area (Å²) in [5, 5.41) is 7.49. The SMILES string of the molecule is CNC1COCC1c1nc(C2CCC(C)(C)CC2)no1. The van der Waals surface area contributed by atoms with Gasteiger partial charge in [-0.15, -0.1) is 0 Å². The molecule has 0 aromatic carbocycles. The van der Waals surface area contributed by atoms with Crippen LogP contribution in [0.2, 0.25) is 0 Å². The van der Waals surface area contributed by atoms with E-state index >= 15 is 0 Å². The monoisotopic (exact) mass is 279 g/mol. The minimum absolute atomic E-state index is 0.196. The lowest BCUT2D eigenvalue weighted by atomic mass is 9.73. The molecular weight excluding hydrogens is 254 g/mol. The van der Waals surface area contributed by atoms with Gasteiger partial charge >= 0.3 is 0 Å². The van der Waals surface area contributed by atoms with Crippen LogP contribution in [0.4, 0.5) is 0 Å². The normalized spacial score (nSPS) is 30.8. The Balaban J connectivity index is 1.68. The first kappa shape index (κ1) is 14.0.